The Bertz CT molecular complexity index is 233. The second kappa shape index (κ2) is 8.23. The van der Waals surface area contributed by atoms with Crippen molar-refractivity contribution < 1.29 is 9.47 Å². The van der Waals surface area contributed by atoms with Crippen LogP contribution in [-0.2, 0) is 9.47 Å². The summed E-state index contributed by atoms with van der Waals surface area (Å²) in [6, 6.07) is 0.665. The topological polar surface area (TPSA) is 30.5 Å². The van der Waals surface area contributed by atoms with Gasteiger partial charge in [-0.2, -0.15) is 0 Å². The van der Waals surface area contributed by atoms with Gasteiger partial charge in [-0.3, -0.25) is 0 Å². The van der Waals surface area contributed by atoms with Crippen molar-refractivity contribution in [2.75, 3.05) is 26.4 Å². The highest BCUT2D eigenvalue weighted by molar-refractivity contribution is 4.91. The molecule has 0 aromatic heterocycles. The van der Waals surface area contributed by atoms with E-state index in [1.807, 2.05) is 0 Å². The van der Waals surface area contributed by atoms with Crippen LogP contribution in [0.4, 0.5) is 0 Å². The van der Waals surface area contributed by atoms with Crippen LogP contribution < -0.4 is 5.32 Å². The summed E-state index contributed by atoms with van der Waals surface area (Å²) in [7, 11) is 0. The smallest absolute Gasteiger partial charge is 0.0697 e. The zero-order valence-corrected chi connectivity index (χ0v) is 12.6. The Kier molecular flexibility index (Phi) is 6.62. The molecule has 1 aliphatic heterocycles. The van der Waals surface area contributed by atoms with Gasteiger partial charge in [0.05, 0.1) is 5.60 Å². The van der Waals surface area contributed by atoms with Crippen molar-refractivity contribution in [3.8, 4) is 0 Å². The zero-order valence-electron chi connectivity index (χ0n) is 12.6. The average Bonchev–Trinajstić information content (AvgIpc) is 2.44. The molecule has 1 unspecified atom stereocenters. The second-order valence-corrected chi connectivity index (χ2v) is 6.20. The van der Waals surface area contributed by atoms with Crippen LogP contribution in [-0.4, -0.2) is 38.0 Å². The highest BCUT2D eigenvalue weighted by Crippen LogP contribution is 2.38. The summed E-state index contributed by atoms with van der Waals surface area (Å²) in [6.07, 6.45) is 11.3. The maximum Gasteiger partial charge on any atom is 0.0697 e. The van der Waals surface area contributed by atoms with Crippen LogP contribution in [0.5, 0.6) is 0 Å². The standard InChI is InChI=1S/C16H31NO2/c1-2-11-18-12-6-10-17-15-7-13-19-16(14-15)8-4-3-5-9-16/h15,17H,2-14H2,1H3. The third-order valence-electron chi connectivity index (χ3n) is 4.50. The van der Waals surface area contributed by atoms with Crippen molar-refractivity contribution in [1.82, 2.24) is 5.32 Å². The van der Waals surface area contributed by atoms with Gasteiger partial charge in [0, 0.05) is 25.9 Å². The van der Waals surface area contributed by atoms with Gasteiger partial charge in [-0.1, -0.05) is 26.2 Å². The van der Waals surface area contributed by atoms with E-state index in [0.717, 1.165) is 39.2 Å². The lowest BCUT2D eigenvalue weighted by molar-refractivity contribution is -0.109. The lowest BCUT2D eigenvalue weighted by Gasteiger charge is -2.43. The molecule has 3 nitrogen and oxygen atoms in total. The normalized spacial score (nSPS) is 26.7. The van der Waals surface area contributed by atoms with E-state index >= 15 is 0 Å². The summed E-state index contributed by atoms with van der Waals surface area (Å²) in [5, 5.41) is 3.71. The summed E-state index contributed by atoms with van der Waals surface area (Å²) in [5.41, 5.74) is 0.229. The molecule has 1 heterocycles. The Balaban J connectivity index is 1.61. The number of nitrogens with one attached hydrogen (secondary N) is 1. The van der Waals surface area contributed by atoms with E-state index in [2.05, 4.69) is 12.2 Å². The van der Waals surface area contributed by atoms with Gasteiger partial charge in [0.1, 0.15) is 0 Å². The van der Waals surface area contributed by atoms with Gasteiger partial charge in [0.25, 0.3) is 0 Å². The van der Waals surface area contributed by atoms with E-state index in [4.69, 9.17) is 9.47 Å². The first-order valence-corrected chi connectivity index (χ1v) is 8.30. The number of rotatable bonds is 7. The van der Waals surface area contributed by atoms with E-state index in [0.29, 0.717) is 6.04 Å². The fraction of sp³-hybridized carbons (Fsp3) is 1.00. The largest absolute Gasteiger partial charge is 0.381 e. The summed E-state index contributed by atoms with van der Waals surface area (Å²) in [5.74, 6) is 0. The van der Waals surface area contributed by atoms with Crippen LogP contribution in [0.25, 0.3) is 0 Å². The summed E-state index contributed by atoms with van der Waals surface area (Å²) >= 11 is 0. The van der Waals surface area contributed by atoms with Gasteiger partial charge in [-0.15, -0.1) is 0 Å². The molecule has 1 atom stereocenters. The number of hydrogen-bond acceptors (Lipinski definition) is 3. The molecule has 0 aromatic rings. The molecule has 1 saturated carbocycles. The average molecular weight is 269 g/mol. The van der Waals surface area contributed by atoms with E-state index in [1.54, 1.807) is 0 Å². The Hall–Kier alpha value is -0.120. The first-order chi connectivity index (χ1) is 9.35. The Morgan fingerprint density at radius 2 is 2.05 bits per heavy atom. The van der Waals surface area contributed by atoms with Crippen LogP contribution in [0.15, 0.2) is 0 Å². The Morgan fingerprint density at radius 1 is 1.21 bits per heavy atom. The first kappa shape index (κ1) is 15.3. The molecule has 1 spiro atoms. The lowest BCUT2D eigenvalue weighted by Crippen LogP contribution is -2.48. The number of hydrogen-bond donors (Lipinski definition) is 1. The van der Waals surface area contributed by atoms with Crippen molar-refractivity contribution in [3.63, 3.8) is 0 Å². The summed E-state index contributed by atoms with van der Waals surface area (Å²) < 4.78 is 11.6. The SMILES string of the molecule is CCCOCCCNC1CCOC2(CCCCC2)C1. The zero-order chi connectivity index (χ0) is 13.4. The van der Waals surface area contributed by atoms with E-state index in [1.165, 1.54) is 44.9 Å². The van der Waals surface area contributed by atoms with Gasteiger partial charge in [-0.05, 0) is 45.1 Å². The fourth-order valence-corrected chi connectivity index (χ4v) is 3.47. The molecule has 1 aliphatic carbocycles. The summed E-state index contributed by atoms with van der Waals surface area (Å²) in [6.45, 7) is 5.99. The molecule has 1 saturated heterocycles. The van der Waals surface area contributed by atoms with Crippen LogP contribution in [0.1, 0.15) is 64.7 Å². The maximum atomic E-state index is 6.13. The van der Waals surface area contributed by atoms with Gasteiger partial charge in [0.15, 0.2) is 0 Å². The molecular formula is C16H31NO2. The van der Waals surface area contributed by atoms with Crippen molar-refractivity contribution in [3.05, 3.63) is 0 Å². The highest BCUT2D eigenvalue weighted by atomic mass is 16.5. The third kappa shape index (κ3) is 5.05. The Morgan fingerprint density at radius 3 is 2.84 bits per heavy atom. The maximum absolute atomic E-state index is 6.13. The predicted molar refractivity (Wildman–Crippen MR) is 78.5 cm³/mol. The van der Waals surface area contributed by atoms with Gasteiger partial charge < -0.3 is 14.8 Å². The first-order valence-electron chi connectivity index (χ1n) is 8.30. The molecule has 112 valence electrons. The molecule has 0 amide bonds. The molecular weight excluding hydrogens is 238 g/mol. The van der Waals surface area contributed by atoms with E-state index in [-0.39, 0.29) is 5.60 Å². The molecule has 0 bridgehead atoms. The highest BCUT2D eigenvalue weighted by Gasteiger charge is 2.38. The number of ether oxygens (including phenoxy) is 2. The minimum absolute atomic E-state index is 0.229. The second-order valence-electron chi connectivity index (χ2n) is 6.20. The molecule has 2 fully saturated rings. The molecule has 2 aliphatic rings. The van der Waals surface area contributed by atoms with E-state index in [9.17, 15) is 0 Å². The molecule has 0 aromatic carbocycles. The predicted octanol–water partition coefficient (Wildman–Crippen LogP) is 3.27. The Labute approximate surface area is 118 Å². The summed E-state index contributed by atoms with van der Waals surface area (Å²) in [4.78, 5) is 0. The van der Waals surface area contributed by atoms with Gasteiger partial charge >= 0.3 is 0 Å². The molecule has 3 heteroatoms. The molecule has 19 heavy (non-hydrogen) atoms. The fourth-order valence-electron chi connectivity index (χ4n) is 3.47. The van der Waals surface area contributed by atoms with E-state index < -0.39 is 0 Å². The van der Waals surface area contributed by atoms with Gasteiger partial charge in [-0.25, -0.2) is 0 Å². The van der Waals surface area contributed by atoms with Crippen molar-refractivity contribution in [2.45, 2.75) is 76.4 Å². The monoisotopic (exact) mass is 269 g/mol. The van der Waals surface area contributed by atoms with Crippen LogP contribution >= 0.6 is 0 Å². The van der Waals surface area contributed by atoms with Crippen molar-refractivity contribution in [2.24, 2.45) is 0 Å². The van der Waals surface area contributed by atoms with Gasteiger partial charge in [0.2, 0.25) is 0 Å². The van der Waals surface area contributed by atoms with Crippen LogP contribution in [0.3, 0.4) is 0 Å². The van der Waals surface area contributed by atoms with Crippen LogP contribution in [0, 0.1) is 0 Å². The minimum atomic E-state index is 0.229. The van der Waals surface area contributed by atoms with Crippen molar-refractivity contribution in [1.29, 1.82) is 0 Å². The van der Waals surface area contributed by atoms with Crippen molar-refractivity contribution >= 4 is 0 Å². The minimum Gasteiger partial charge on any atom is -0.381 e. The molecule has 1 N–H and O–H groups in total. The lowest BCUT2D eigenvalue weighted by atomic mass is 9.78. The van der Waals surface area contributed by atoms with Crippen LogP contribution in [0.2, 0.25) is 0 Å². The third-order valence-corrected chi connectivity index (χ3v) is 4.50. The quantitative estimate of drug-likeness (QED) is 0.720. The molecule has 2 rings (SSSR count). The molecule has 0 radical (unpaired) electrons.